The lowest BCUT2D eigenvalue weighted by atomic mass is 9.78. The van der Waals surface area contributed by atoms with Crippen molar-refractivity contribution in [3.05, 3.63) is 107 Å². The van der Waals surface area contributed by atoms with Gasteiger partial charge in [-0.2, -0.15) is 21.4 Å². The molecule has 0 unspecified atom stereocenters. The van der Waals surface area contributed by atoms with Gasteiger partial charge in [-0.15, -0.1) is 0 Å². The summed E-state index contributed by atoms with van der Waals surface area (Å²) < 4.78 is 71.5. The highest BCUT2D eigenvalue weighted by Crippen LogP contribution is 2.51. The molecule has 0 spiro atoms. The van der Waals surface area contributed by atoms with E-state index in [1.165, 1.54) is 12.1 Å². The van der Waals surface area contributed by atoms with Crippen molar-refractivity contribution in [3.63, 3.8) is 0 Å². The van der Waals surface area contributed by atoms with Crippen molar-refractivity contribution in [1.82, 2.24) is 0 Å². The molecule has 0 aliphatic carbocycles. The monoisotopic (exact) mass is 785 g/mol. The van der Waals surface area contributed by atoms with Gasteiger partial charge in [0, 0.05) is 59.3 Å². The number of aryl methyl sites for hydroxylation is 2. The molecule has 4 aromatic carbocycles. The number of unbranched alkanes of at least 4 members (excludes halogenated alkanes) is 2. The van der Waals surface area contributed by atoms with Gasteiger partial charge in [0.2, 0.25) is 5.69 Å². The van der Waals surface area contributed by atoms with Crippen molar-refractivity contribution in [1.29, 1.82) is 0 Å². The van der Waals surface area contributed by atoms with Crippen LogP contribution < -0.4 is 4.90 Å². The van der Waals surface area contributed by atoms with Gasteiger partial charge < -0.3 is 10.0 Å². The van der Waals surface area contributed by atoms with Gasteiger partial charge in [-0.3, -0.25) is 13.9 Å². The number of hydrogen-bond acceptors (Lipinski definition) is 6. The van der Waals surface area contributed by atoms with E-state index in [0.29, 0.717) is 24.9 Å². The first-order valence-corrected chi connectivity index (χ1v) is 21.4. The summed E-state index contributed by atoms with van der Waals surface area (Å²) in [5.41, 5.74) is 6.35. The SMILES string of the molecule is CCN1/C(=C/C=C/C=C/C2=[N+](CCCCCC(=O)O)c3ccc4c(C)cc(S(=O)(=O)O)cc4c3C2(C)C)C(C)(C)c2c1ccc1c(S(=O)(=O)O)cc(C)cc21. The predicted molar refractivity (Wildman–Crippen MR) is 218 cm³/mol. The van der Waals surface area contributed by atoms with Crippen molar-refractivity contribution in [2.45, 2.75) is 94.8 Å². The zero-order chi connectivity index (χ0) is 40.2. The van der Waals surface area contributed by atoms with E-state index in [9.17, 15) is 30.7 Å². The number of aliphatic carboxylic acids is 1. The van der Waals surface area contributed by atoms with E-state index in [1.54, 1.807) is 12.1 Å². The maximum Gasteiger partial charge on any atom is 0.303 e. The first kappa shape index (κ1) is 40.1. The average molecular weight is 786 g/mol. The number of likely N-dealkylation sites (N-methyl/N-ethyl adjacent to an activating group) is 1. The third-order valence-corrected chi connectivity index (χ3v) is 12.8. The van der Waals surface area contributed by atoms with Gasteiger partial charge in [-0.05, 0) is 117 Å². The standard InChI is InChI=1S/C43H48N2O8S2/c1-8-44-34-21-19-31-32(23-27(2)24-36(31)55(51,52)53)40(34)42(4,5)37(44)15-11-9-12-16-38-43(6,7)41-33-26-29(54(48,49)50)25-28(3)30(33)18-20-35(41)45(38)22-14-10-13-17-39(46)47/h9,11-12,15-16,18-21,23-26H,8,10,13-14,17,22H2,1-7H3,(H2-,46,47,48,49,50,51,52,53)/p+1. The molecule has 0 amide bonds. The summed E-state index contributed by atoms with van der Waals surface area (Å²) in [6.07, 6.45) is 12.3. The summed E-state index contributed by atoms with van der Waals surface area (Å²) in [7, 11) is -8.88. The van der Waals surface area contributed by atoms with Crippen LogP contribution in [0.4, 0.5) is 11.4 Å². The van der Waals surface area contributed by atoms with Crippen LogP contribution in [0.1, 0.15) is 82.6 Å². The van der Waals surface area contributed by atoms with Crippen molar-refractivity contribution >= 4 is 64.8 Å². The summed E-state index contributed by atoms with van der Waals surface area (Å²) in [4.78, 5) is 13.1. The first-order chi connectivity index (χ1) is 25.7. The maximum absolute atomic E-state index is 12.4. The molecule has 0 saturated heterocycles. The van der Waals surface area contributed by atoms with Crippen molar-refractivity contribution in [2.24, 2.45) is 0 Å². The Morgan fingerprint density at radius 1 is 0.782 bits per heavy atom. The minimum Gasteiger partial charge on any atom is -0.481 e. The lowest BCUT2D eigenvalue weighted by Gasteiger charge is -2.26. The number of hydrogen-bond donors (Lipinski definition) is 3. The molecule has 2 aliphatic rings. The Kier molecular flexibility index (Phi) is 10.5. The fraction of sp³-hybridized carbons (Fsp3) is 0.349. The summed E-state index contributed by atoms with van der Waals surface area (Å²) >= 11 is 0. The van der Waals surface area contributed by atoms with E-state index in [1.807, 2.05) is 50.3 Å². The number of allylic oxidation sites excluding steroid dienone is 6. The summed E-state index contributed by atoms with van der Waals surface area (Å²) in [6.45, 7) is 15.5. The van der Waals surface area contributed by atoms with Crippen LogP contribution in [0, 0.1) is 13.8 Å². The average Bonchev–Trinajstić information content (AvgIpc) is 3.44. The van der Waals surface area contributed by atoms with Gasteiger partial charge in [-0.25, -0.2) is 0 Å². The number of carboxylic acid groups (broad SMARTS) is 1. The largest absolute Gasteiger partial charge is 0.481 e. The minimum atomic E-state index is -4.44. The highest BCUT2D eigenvalue weighted by Gasteiger charge is 2.46. The van der Waals surface area contributed by atoms with Crippen LogP contribution in [0.5, 0.6) is 0 Å². The van der Waals surface area contributed by atoms with E-state index >= 15 is 0 Å². The summed E-state index contributed by atoms with van der Waals surface area (Å²) in [5.74, 6) is -0.817. The summed E-state index contributed by atoms with van der Waals surface area (Å²) in [5, 5.41) is 12.1. The number of carbonyl (C=O) groups is 1. The van der Waals surface area contributed by atoms with Crippen molar-refractivity contribution in [3.8, 4) is 0 Å². The zero-order valence-corrected chi connectivity index (χ0v) is 34.0. The zero-order valence-electron chi connectivity index (χ0n) is 32.3. The Balaban J connectivity index is 1.39. The Bertz CT molecular complexity index is 2610. The topological polar surface area (TPSA) is 152 Å². The molecule has 0 fully saturated rings. The van der Waals surface area contributed by atoms with Crippen LogP contribution in [-0.4, -0.2) is 60.4 Å². The molecule has 2 heterocycles. The fourth-order valence-corrected chi connectivity index (χ4v) is 10.1. The Morgan fingerprint density at radius 2 is 1.47 bits per heavy atom. The number of benzene rings is 4. The number of nitrogens with zero attached hydrogens (tertiary/aromatic N) is 2. The highest BCUT2D eigenvalue weighted by molar-refractivity contribution is 7.86. The molecule has 4 aromatic rings. The van der Waals surface area contributed by atoms with Crippen molar-refractivity contribution < 1.29 is 40.4 Å². The first-order valence-electron chi connectivity index (χ1n) is 18.5. The smallest absolute Gasteiger partial charge is 0.303 e. The molecule has 0 saturated carbocycles. The third kappa shape index (κ3) is 7.28. The van der Waals surface area contributed by atoms with Crippen molar-refractivity contribution in [2.75, 3.05) is 18.0 Å². The maximum atomic E-state index is 12.4. The van der Waals surface area contributed by atoms with Crippen LogP contribution in [0.2, 0.25) is 0 Å². The van der Waals surface area contributed by atoms with Gasteiger partial charge in [0.05, 0.1) is 10.3 Å². The Hall–Kier alpha value is -4.62. The van der Waals surface area contributed by atoms with Crippen LogP contribution in [-0.2, 0) is 35.9 Å². The van der Waals surface area contributed by atoms with Crippen LogP contribution >= 0.6 is 0 Å². The van der Waals surface area contributed by atoms with Gasteiger partial charge >= 0.3 is 5.97 Å². The molecule has 12 heteroatoms. The molecule has 55 heavy (non-hydrogen) atoms. The second-order valence-corrected chi connectivity index (χ2v) is 18.4. The lowest BCUT2D eigenvalue weighted by molar-refractivity contribution is -0.438. The molecular formula is C43H49N2O8S2+. The molecule has 0 atom stereocenters. The molecule has 0 bridgehead atoms. The normalized spacial score (nSPS) is 17.4. The van der Waals surface area contributed by atoms with Gasteiger partial charge in [-0.1, -0.05) is 44.2 Å². The second kappa shape index (κ2) is 14.5. The van der Waals surface area contributed by atoms with E-state index < -0.39 is 37.0 Å². The number of anilines is 1. The quantitative estimate of drug-likeness (QED) is 0.0553. The van der Waals surface area contributed by atoms with Gasteiger partial charge in [0.1, 0.15) is 11.4 Å². The molecule has 10 nitrogen and oxygen atoms in total. The van der Waals surface area contributed by atoms with Gasteiger partial charge in [0.15, 0.2) is 5.71 Å². The van der Waals surface area contributed by atoms with E-state index in [2.05, 4.69) is 62.3 Å². The van der Waals surface area contributed by atoms with E-state index in [-0.39, 0.29) is 16.2 Å². The molecular weight excluding hydrogens is 737 g/mol. The third-order valence-electron chi connectivity index (χ3n) is 11.1. The Labute approximate surface area is 323 Å². The molecule has 0 aromatic heterocycles. The fourth-order valence-electron chi connectivity index (χ4n) is 8.68. The number of rotatable bonds is 12. The van der Waals surface area contributed by atoms with E-state index in [0.717, 1.165) is 74.0 Å². The number of carboxylic acids is 1. The molecule has 6 rings (SSSR count). The second-order valence-electron chi connectivity index (χ2n) is 15.6. The molecule has 2 aliphatic heterocycles. The van der Waals surface area contributed by atoms with Crippen LogP contribution in [0.3, 0.4) is 0 Å². The molecule has 3 N–H and O–H groups in total. The van der Waals surface area contributed by atoms with Gasteiger partial charge in [0.25, 0.3) is 20.2 Å². The summed E-state index contributed by atoms with van der Waals surface area (Å²) in [6, 6.07) is 14.2. The molecule has 0 radical (unpaired) electrons. The highest BCUT2D eigenvalue weighted by atomic mass is 32.2. The van der Waals surface area contributed by atoms with E-state index in [4.69, 9.17) is 5.11 Å². The minimum absolute atomic E-state index is 0.0996. The number of fused-ring (bicyclic) bond motifs is 6. The predicted octanol–water partition coefficient (Wildman–Crippen LogP) is 8.94. The van der Waals surface area contributed by atoms with Crippen LogP contribution in [0.25, 0.3) is 21.5 Å². The van der Waals surface area contributed by atoms with Crippen LogP contribution in [0.15, 0.2) is 94.4 Å². The lowest BCUT2D eigenvalue weighted by Crippen LogP contribution is -2.28. The molecule has 290 valence electrons. The Morgan fingerprint density at radius 3 is 2.13 bits per heavy atom.